The molecule has 7 nitrogen and oxygen atoms in total. The molecule has 20 heavy (non-hydrogen) atoms. The number of aliphatic carboxylic acids is 1. The Kier molecular flexibility index (Phi) is 6.28. The van der Waals surface area contributed by atoms with E-state index in [2.05, 4.69) is 21.9 Å². The molecular formula is C13H20N4O3. The Morgan fingerprint density at radius 2 is 2.40 bits per heavy atom. The predicted octanol–water partition coefficient (Wildman–Crippen LogP) is 1.01. The zero-order chi connectivity index (χ0) is 15.0. The van der Waals surface area contributed by atoms with Crippen LogP contribution in [-0.4, -0.2) is 51.1 Å². The zero-order valence-electron chi connectivity index (χ0n) is 11.5. The summed E-state index contributed by atoms with van der Waals surface area (Å²) in [5.41, 5.74) is 0.656. The number of imidazole rings is 1. The first kappa shape index (κ1) is 15.7. The minimum atomic E-state index is -1.08. The molecule has 0 aliphatic carbocycles. The molecule has 3 N–H and O–H groups in total. The van der Waals surface area contributed by atoms with Gasteiger partial charge in [0.1, 0.15) is 6.04 Å². The molecular weight excluding hydrogens is 260 g/mol. The van der Waals surface area contributed by atoms with E-state index >= 15 is 0 Å². The third-order valence-corrected chi connectivity index (χ3v) is 2.70. The van der Waals surface area contributed by atoms with Crippen molar-refractivity contribution in [2.24, 2.45) is 0 Å². The van der Waals surface area contributed by atoms with Gasteiger partial charge in [0.2, 0.25) is 0 Å². The van der Waals surface area contributed by atoms with Crippen LogP contribution in [0, 0.1) is 0 Å². The van der Waals surface area contributed by atoms with Crippen molar-refractivity contribution in [2.75, 3.05) is 13.1 Å². The van der Waals surface area contributed by atoms with Crippen molar-refractivity contribution in [3.05, 3.63) is 30.9 Å². The maximum absolute atomic E-state index is 12.0. The summed E-state index contributed by atoms with van der Waals surface area (Å²) in [4.78, 5) is 31.4. The van der Waals surface area contributed by atoms with Gasteiger partial charge in [-0.2, -0.15) is 0 Å². The second kappa shape index (κ2) is 7.98. The Morgan fingerprint density at radius 1 is 1.65 bits per heavy atom. The maximum Gasteiger partial charge on any atom is 0.326 e. The van der Waals surface area contributed by atoms with Crippen molar-refractivity contribution in [3.8, 4) is 0 Å². The summed E-state index contributed by atoms with van der Waals surface area (Å²) in [7, 11) is 0. The quantitative estimate of drug-likeness (QED) is 0.619. The van der Waals surface area contributed by atoms with Crippen LogP contribution in [0.2, 0.25) is 0 Å². The predicted molar refractivity (Wildman–Crippen MR) is 74.3 cm³/mol. The molecule has 0 saturated heterocycles. The average Bonchev–Trinajstić information content (AvgIpc) is 2.90. The van der Waals surface area contributed by atoms with Gasteiger partial charge in [-0.3, -0.25) is 0 Å². The first-order chi connectivity index (χ1) is 9.58. The molecule has 0 radical (unpaired) electrons. The number of rotatable bonds is 8. The van der Waals surface area contributed by atoms with Gasteiger partial charge in [-0.25, -0.2) is 14.6 Å². The van der Waals surface area contributed by atoms with Crippen LogP contribution in [0.15, 0.2) is 25.2 Å². The van der Waals surface area contributed by atoms with Crippen LogP contribution in [0.5, 0.6) is 0 Å². The fourth-order valence-corrected chi connectivity index (χ4v) is 1.76. The second-order valence-corrected chi connectivity index (χ2v) is 4.36. The van der Waals surface area contributed by atoms with Crippen molar-refractivity contribution in [1.82, 2.24) is 20.2 Å². The Balaban J connectivity index is 2.66. The molecule has 0 aliphatic heterocycles. The number of carbonyl (C=O) groups is 2. The van der Waals surface area contributed by atoms with Crippen molar-refractivity contribution >= 4 is 12.0 Å². The topological polar surface area (TPSA) is 98.3 Å². The lowest BCUT2D eigenvalue weighted by molar-refractivity contribution is -0.139. The number of urea groups is 1. The molecule has 1 atom stereocenters. The van der Waals surface area contributed by atoms with Crippen LogP contribution in [-0.2, 0) is 11.2 Å². The number of hydrogen-bond donors (Lipinski definition) is 3. The van der Waals surface area contributed by atoms with E-state index in [0.717, 1.165) is 6.42 Å². The van der Waals surface area contributed by atoms with Gasteiger partial charge in [-0.05, 0) is 6.42 Å². The van der Waals surface area contributed by atoms with Gasteiger partial charge in [0.25, 0.3) is 0 Å². The van der Waals surface area contributed by atoms with Gasteiger partial charge in [-0.15, -0.1) is 6.58 Å². The SMILES string of the molecule is C=CCN(CCC)C(=O)NC(Cc1cnc[nH]1)C(=O)O. The number of carboxylic acid groups (broad SMARTS) is 1. The number of nitrogens with one attached hydrogen (secondary N) is 2. The minimum Gasteiger partial charge on any atom is -0.480 e. The summed E-state index contributed by atoms with van der Waals surface area (Å²) in [6.45, 7) is 6.47. The standard InChI is InChI=1S/C13H20N4O3/c1-3-5-17(6-4-2)13(20)16-11(12(18)19)7-10-8-14-9-15-10/h3,8-9,11H,1,4-7H2,2H3,(H,14,15)(H,16,20)(H,18,19). The molecule has 0 spiro atoms. The lowest BCUT2D eigenvalue weighted by Gasteiger charge is -2.23. The van der Waals surface area contributed by atoms with Gasteiger partial charge >= 0.3 is 12.0 Å². The summed E-state index contributed by atoms with van der Waals surface area (Å²) >= 11 is 0. The van der Waals surface area contributed by atoms with E-state index in [4.69, 9.17) is 0 Å². The smallest absolute Gasteiger partial charge is 0.326 e. The monoisotopic (exact) mass is 280 g/mol. The summed E-state index contributed by atoms with van der Waals surface area (Å²) in [5.74, 6) is -1.08. The van der Waals surface area contributed by atoms with E-state index in [0.29, 0.717) is 18.8 Å². The normalized spacial score (nSPS) is 11.7. The highest BCUT2D eigenvalue weighted by Crippen LogP contribution is 2.01. The van der Waals surface area contributed by atoms with E-state index in [1.165, 1.54) is 17.4 Å². The van der Waals surface area contributed by atoms with Crippen LogP contribution >= 0.6 is 0 Å². The number of carbonyl (C=O) groups excluding carboxylic acids is 1. The van der Waals surface area contributed by atoms with Gasteiger partial charge in [0.05, 0.1) is 6.33 Å². The summed E-state index contributed by atoms with van der Waals surface area (Å²) in [6.07, 6.45) is 5.57. The number of aromatic amines is 1. The molecule has 0 fully saturated rings. The highest BCUT2D eigenvalue weighted by atomic mass is 16.4. The molecule has 0 aliphatic rings. The van der Waals surface area contributed by atoms with E-state index < -0.39 is 18.0 Å². The molecule has 110 valence electrons. The van der Waals surface area contributed by atoms with E-state index in [1.807, 2.05) is 6.92 Å². The number of H-pyrrole nitrogens is 1. The van der Waals surface area contributed by atoms with Crippen molar-refractivity contribution in [1.29, 1.82) is 0 Å². The van der Waals surface area contributed by atoms with E-state index in [-0.39, 0.29) is 6.42 Å². The Bertz CT molecular complexity index is 444. The lowest BCUT2D eigenvalue weighted by Crippen LogP contribution is -2.49. The number of carboxylic acids is 1. The van der Waals surface area contributed by atoms with Crippen LogP contribution < -0.4 is 5.32 Å². The molecule has 1 unspecified atom stereocenters. The Labute approximate surface area is 117 Å². The second-order valence-electron chi connectivity index (χ2n) is 4.36. The molecule has 1 aromatic heterocycles. The van der Waals surface area contributed by atoms with Gasteiger partial charge in [0, 0.05) is 31.4 Å². The van der Waals surface area contributed by atoms with Crippen molar-refractivity contribution < 1.29 is 14.7 Å². The van der Waals surface area contributed by atoms with E-state index in [9.17, 15) is 14.7 Å². The molecule has 1 heterocycles. The summed E-state index contributed by atoms with van der Waals surface area (Å²) < 4.78 is 0. The number of nitrogens with zero attached hydrogens (tertiary/aromatic N) is 2. The van der Waals surface area contributed by atoms with Crippen molar-refractivity contribution in [2.45, 2.75) is 25.8 Å². The first-order valence-corrected chi connectivity index (χ1v) is 6.44. The highest BCUT2D eigenvalue weighted by Gasteiger charge is 2.23. The molecule has 1 rings (SSSR count). The van der Waals surface area contributed by atoms with Crippen LogP contribution in [0.3, 0.4) is 0 Å². The molecule has 0 saturated carbocycles. The van der Waals surface area contributed by atoms with Crippen LogP contribution in [0.4, 0.5) is 4.79 Å². The number of aromatic nitrogens is 2. The molecule has 0 aromatic carbocycles. The van der Waals surface area contributed by atoms with Gasteiger partial charge in [0.15, 0.2) is 0 Å². The third-order valence-electron chi connectivity index (χ3n) is 2.70. The highest BCUT2D eigenvalue weighted by molar-refractivity contribution is 5.82. The van der Waals surface area contributed by atoms with Crippen LogP contribution in [0.25, 0.3) is 0 Å². The summed E-state index contributed by atoms with van der Waals surface area (Å²) in [6, 6.07) is -1.40. The van der Waals surface area contributed by atoms with Gasteiger partial charge < -0.3 is 20.3 Å². The fourth-order valence-electron chi connectivity index (χ4n) is 1.76. The van der Waals surface area contributed by atoms with Crippen LogP contribution in [0.1, 0.15) is 19.0 Å². The summed E-state index contributed by atoms with van der Waals surface area (Å²) in [5, 5.41) is 11.7. The largest absolute Gasteiger partial charge is 0.480 e. The average molecular weight is 280 g/mol. The molecule has 7 heteroatoms. The Hall–Kier alpha value is -2.31. The molecule has 2 amide bonds. The molecule has 1 aromatic rings. The number of amides is 2. The zero-order valence-corrected chi connectivity index (χ0v) is 11.5. The third kappa shape index (κ3) is 4.75. The minimum absolute atomic E-state index is 0.162. The van der Waals surface area contributed by atoms with Gasteiger partial charge in [-0.1, -0.05) is 13.0 Å². The number of hydrogen-bond acceptors (Lipinski definition) is 3. The fraction of sp³-hybridized carbons (Fsp3) is 0.462. The van der Waals surface area contributed by atoms with E-state index in [1.54, 1.807) is 6.08 Å². The maximum atomic E-state index is 12.0. The molecule has 0 bridgehead atoms. The Morgan fingerprint density at radius 3 is 2.90 bits per heavy atom. The first-order valence-electron chi connectivity index (χ1n) is 6.44. The van der Waals surface area contributed by atoms with Crippen molar-refractivity contribution in [3.63, 3.8) is 0 Å². The lowest BCUT2D eigenvalue weighted by atomic mass is 10.1.